The second-order valence-electron chi connectivity index (χ2n) is 5.47. The topological polar surface area (TPSA) is 58.2 Å². The molecular weight excluding hydrogens is 288 g/mol. The van der Waals surface area contributed by atoms with E-state index in [1.165, 1.54) is 32.1 Å². The third-order valence-electron chi connectivity index (χ3n) is 3.84. The monoisotopic (exact) mass is 308 g/mol. The molecule has 0 radical (unpaired) electrons. The average Bonchev–Trinajstić information content (AvgIpc) is 2.52. The van der Waals surface area contributed by atoms with Gasteiger partial charge in [-0.3, -0.25) is 9.59 Å². The number of carbonyl (C=O) groups is 2. The van der Waals surface area contributed by atoms with Crippen LogP contribution in [0, 0.1) is 5.92 Å². The lowest BCUT2D eigenvalue weighted by atomic mass is 9.89. The molecule has 2 N–H and O–H groups in total. The Labute approximate surface area is 130 Å². The predicted octanol–water partition coefficient (Wildman–Crippen LogP) is 2.77. The standard InChI is InChI=1S/C16H21ClN2O2/c17-14-9-5-4-8-13(14)16(21)19-11-15(20)18-10-12-6-2-1-3-7-12/h4-5,8-9,12H,1-3,6-7,10-11H2,(H,18,20)(H,19,21). The zero-order valence-corrected chi connectivity index (χ0v) is 12.8. The van der Waals surface area contributed by atoms with Gasteiger partial charge in [0.2, 0.25) is 5.91 Å². The predicted molar refractivity (Wildman–Crippen MR) is 83.4 cm³/mol. The zero-order chi connectivity index (χ0) is 15.1. The quantitative estimate of drug-likeness (QED) is 0.878. The van der Waals surface area contributed by atoms with E-state index in [-0.39, 0.29) is 18.4 Å². The zero-order valence-electron chi connectivity index (χ0n) is 12.0. The van der Waals surface area contributed by atoms with Crippen LogP contribution in [0.25, 0.3) is 0 Å². The molecule has 0 saturated heterocycles. The summed E-state index contributed by atoms with van der Waals surface area (Å²) in [5.74, 6) is 0.108. The van der Waals surface area contributed by atoms with Crippen LogP contribution in [-0.4, -0.2) is 24.9 Å². The summed E-state index contributed by atoms with van der Waals surface area (Å²) < 4.78 is 0. The van der Waals surface area contributed by atoms with Crippen LogP contribution in [0.1, 0.15) is 42.5 Å². The second-order valence-corrected chi connectivity index (χ2v) is 5.88. The van der Waals surface area contributed by atoms with Crippen LogP contribution in [-0.2, 0) is 4.79 Å². The third-order valence-corrected chi connectivity index (χ3v) is 4.17. The fourth-order valence-corrected chi connectivity index (χ4v) is 2.83. The van der Waals surface area contributed by atoms with Crippen molar-refractivity contribution >= 4 is 23.4 Å². The molecule has 0 aromatic heterocycles. The minimum absolute atomic E-state index is 0.0171. The normalized spacial score (nSPS) is 15.5. The van der Waals surface area contributed by atoms with Crippen LogP contribution in [0.15, 0.2) is 24.3 Å². The maximum Gasteiger partial charge on any atom is 0.253 e. The molecule has 4 nitrogen and oxygen atoms in total. The van der Waals surface area contributed by atoms with Gasteiger partial charge >= 0.3 is 0 Å². The molecule has 0 spiro atoms. The molecule has 0 aliphatic heterocycles. The van der Waals surface area contributed by atoms with Crippen molar-refractivity contribution in [1.82, 2.24) is 10.6 Å². The highest BCUT2D eigenvalue weighted by Crippen LogP contribution is 2.22. The number of nitrogens with one attached hydrogen (secondary N) is 2. The van der Waals surface area contributed by atoms with Crippen LogP contribution < -0.4 is 10.6 Å². The van der Waals surface area contributed by atoms with Gasteiger partial charge in [-0.2, -0.15) is 0 Å². The van der Waals surface area contributed by atoms with Gasteiger partial charge in [-0.25, -0.2) is 0 Å². The van der Waals surface area contributed by atoms with Crippen LogP contribution in [0.3, 0.4) is 0 Å². The van der Waals surface area contributed by atoms with Gasteiger partial charge in [-0.15, -0.1) is 0 Å². The average molecular weight is 309 g/mol. The number of hydrogen-bond acceptors (Lipinski definition) is 2. The molecule has 0 atom stereocenters. The molecule has 0 heterocycles. The van der Waals surface area contributed by atoms with Crippen LogP contribution >= 0.6 is 11.6 Å². The minimum atomic E-state index is -0.326. The van der Waals surface area contributed by atoms with E-state index in [9.17, 15) is 9.59 Å². The third kappa shape index (κ3) is 5.05. The summed E-state index contributed by atoms with van der Waals surface area (Å²) >= 11 is 5.94. The molecule has 2 amide bonds. The van der Waals surface area contributed by atoms with Gasteiger partial charge in [0.05, 0.1) is 17.1 Å². The summed E-state index contributed by atoms with van der Waals surface area (Å²) in [6.07, 6.45) is 6.18. The van der Waals surface area contributed by atoms with Crippen LogP contribution in [0.2, 0.25) is 5.02 Å². The Morgan fingerprint density at radius 1 is 1.10 bits per heavy atom. The van der Waals surface area contributed by atoms with Crippen molar-refractivity contribution < 1.29 is 9.59 Å². The van der Waals surface area contributed by atoms with E-state index < -0.39 is 0 Å². The molecule has 0 unspecified atom stereocenters. The summed E-state index contributed by atoms with van der Waals surface area (Å²) in [6, 6.07) is 6.79. The van der Waals surface area contributed by atoms with Crippen molar-refractivity contribution in [2.75, 3.05) is 13.1 Å². The van der Waals surface area contributed by atoms with Crippen molar-refractivity contribution in [3.63, 3.8) is 0 Å². The Hall–Kier alpha value is -1.55. The second kappa shape index (κ2) is 8.03. The van der Waals surface area contributed by atoms with Crippen LogP contribution in [0.4, 0.5) is 0 Å². The van der Waals surface area contributed by atoms with E-state index in [4.69, 9.17) is 11.6 Å². The molecule has 0 bridgehead atoms. The number of carbonyl (C=O) groups excluding carboxylic acids is 2. The van der Waals surface area contributed by atoms with Gasteiger partial charge in [0.15, 0.2) is 0 Å². The summed E-state index contributed by atoms with van der Waals surface area (Å²) in [4.78, 5) is 23.6. The molecule has 1 aromatic carbocycles. The van der Waals surface area contributed by atoms with Gasteiger partial charge in [-0.05, 0) is 30.9 Å². The SMILES string of the molecule is O=C(CNC(=O)c1ccccc1Cl)NCC1CCCCC1. The highest BCUT2D eigenvalue weighted by Gasteiger charge is 2.15. The lowest BCUT2D eigenvalue weighted by Gasteiger charge is -2.21. The molecule has 1 fully saturated rings. The van der Waals surface area contributed by atoms with Crippen molar-refractivity contribution in [2.45, 2.75) is 32.1 Å². The number of hydrogen-bond donors (Lipinski definition) is 2. The summed E-state index contributed by atoms with van der Waals surface area (Å²) in [7, 11) is 0. The smallest absolute Gasteiger partial charge is 0.253 e. The number of rotatable bonds is 5. The highest BCUT2D eigenvalue weighted by molar-refractivity contribution is 6.33. The molecule has 114 valence electrons. The van der Waals surface area contributed by atoms with Crippen molar-refractivity contribution in [3.8, 4) is 0 Å². The number of amides is 2. The maximum absolute atomic E-state index is 11.9. The molecule has 1 aliphatic rings. The number of benzene rings is 1. The Kier molecular flexibility index (Phi) is 6.05. The van der Waals surface area contributed by atoms with Gasteiger partial charge in [-0.1, -0.05) is 43.0 Å². The first-order valence-corrected chi connectivity index (χ1v) is 7.84. The molecular formula is C16H21ClN2O2. The first-order chi connectivity index (χ1) is 10.2. The van der Waals surface area contributed by atoms with Gasteiger partial charge in [0.1, 0.15) is 0 Å². The van der Waals surface area contributed by atoms with Crippen molar-refractivity contribution in [3.05, 3.63) is 34.9 Å². The Bertz CT molecular complexity index is 499. The number of halogens is 1. The Balaban J connectivity index is 1.71. The van der Waals surface area contributed by atoms with Gasteiger partial charge in [0.25, 0.3) is 5.91 Å². The Morgan fingerprint density at radius 3 is 2.52 bits per heavy atom. The lowest BCUT2D eigenvalue weighted by Crippen LogP contribution is -2.39. The molecule has 1 aliphatic carbocycles. The summed E-state index contributed by atoms with van der Waals surface area (Å²) in [6.45, 7) is 0.692. The van der Waals surface area contributed by atoms with E-state index in [1.54, 1.807) is 24.3 Å². The Morgan fingerprint density at radius 2 is 1.81 bits per heavy atom. The van der Waals surface area contributed by atoms with E-state index in [0.717, 1.165) is 0 Å². The lowest BCUT2D eigenvalue weighted by molar-refractivity contribution is -0.120. The first-order valence-electron chi connectivity index (χ1n) is 7.46. The molecule has 5 heteroatoms. The largest absolute Gasteiger partial charge is 0.354 e. The highest BCUT2D eigenvalue weighted by atomic mass is 35.5. The van der Waals surface area contributed by atoms with E-state index >= 15 is 0 Å². The van der Waals surface area contributed by atoms with E-state index in [1.807, 2.05) is 0 Å². The summed E-state index contributed by atoms with van der Waals surface area (Å²) in [5, 5.41) is 5.87. The molecule has 1 saturated carbocycles. The van der Waals surface area contributed by atoms with Gasteiger partial charge in [0, 0.05) is 6.54 Å². The fraction of sp³-hybridized carbons (Fsp3) is 0.500. The van der Waals surface area contributed by atoms with Gasteiger partial charge < -0.3 is 10.6 Å². The van der Waals surface area contributed by atoms with Crippen LogP contribution in [0.5, 0.6) is 0 Å². The molecule has 21 heavy (non-hydrogen) atoms. The van der Waals surface area contributed by atoms with Crippen molar-refractivity contribution in [2.24, 2.45) is 5.92 Å². The maximum atomic E-state index is 11.9. The van der Waals surface area contributed by atoms with E-state index in [2.05, 4.69) is 10.6 Å². The fourth-order valence-electron chi connectivity index (χ4n) is 2.61. The summed E-state index contributed by atoms with van der Waals surface area (Å²) in [5.41, 5.74) is 0.388. The molecule has 2 rings (SSSR count). The first kappa shape index (κ1) is 15.8. The molecule has 1 aromatic rings. The minimum Gasteiger partial charge on any atom is -0.354 e. The van der Waals surface area contributed by atoms with E-state index in [0.29, 0.717) is 23.0 Å². The van der Waals surface area contributed by atoms with Crippen molar-refractivity contribution in [1.29, 1.82) is 0 Å².